The maximum absolute atomic E-state index is 12.2. The largest absolute Gasteiger partial charge is 0.434 e. The number of halogens is 3. The van der Waals surface area contributed by atoms with Crippen LogP contribution in [0.25, 0.3) is 6.08 Å². The quantitative estimate of drug-likeness (QED) is 0.666. The molecule has 0 atom stereocenters. The van der Waals surface area contributed by atoms with Gasteiger partial charge < -0.3 is 10.1 Å². The number of carbonyl (C=O) groups is 1. The Balaban J connectivity index is 2.86. The van der Waals surface area contributed by atoms with Crippen molar-refractivity contribution < 1.29 is 18.3 Å². The van der Waals surface area contributed by atoms with E-state index in [0.29, 0.717) is 10.0 Å². The second-order valence-electron chi connectivity index (χ2n) is 3.32. The van der Waals surface area contributed by atoms with Crippen LogP contribution in [-0.2, 0) is 4.79 Å². The average molecular weight is 330 g/mol. The molecule has 0 aliphatic heterocycles. The lowest BCUT2D eigenvalue weighted by Gasteiger charge is -2.08. The predicted molar refractivity (Wildman–Crippen MR) is 71.7 cm³/mol. The van der Waals surface area contributed by atoms with Gasteiger partial charge in [0, 0.05) is 16.1 Å². The van der Waals surface area contributed by atoms with Crippen molar-refractivity contribution in [3.8, 4) is 18.1 Å². The van der Waals surface area contributed by atoms with Crippen LogP contribution in [0.3, 0.4) is 0 Å². The maximum Gasteiger partial charge on any atom is 0.387 e. The molecule has 0 aromatic heterocycles. The topological polar surface area (TPSA) is 38.3 Å². The van der Waals surface area contributed by atoms with Crippen molar-refractivity contribution in [2.45, 2.75) is 6.61 Å². The number of amides is 1. The molecule has 0 unspecified atom stereocenters. The van der Waals surface area contributed by atoms with Gasteiger partial charge in [0.1, 0.15) is 5.75 Å². The molecule has 3 nitrogen and oxygen atoms in total. The number of carbonyl (C=O) groups excluding carboxylic acids is 1. The van der Waals surface area contributed by atoms with Crippen LogP contribution in [0.1, 0.15) is 5.56 Å². The van der Waals surface area contributed by atoms with Gasteiger partial charge >= 0.3 is 6.61 Å². The highest BCUT2D eigenvalue weighted by Crippen LogP contribution is 2.25. The van der Waals surface area contributed by atoms with E-state index < -0.39 is 12.5 Å². The minimum absolute atomic E-state index is 0.0146. The van der Waals surface area contributed by atoms with Crippen LogP contribution < -0.4 is 10.1 Å². The van der Waals surface area contributed by atoms with Gasteiger partial charge in [0.15, 0.2) is 0 Å². The van der Waals surface area contributed by atoms with E-state index in [0.717, 1.165) is 0 Å². The van der Waals surface area contributed by atoms with E-state index in [9.17, 15) is 13.6 Å². The molecule has 0 aliphatic rings. The standard InChI is InChI=1S/C13H10BrF2NO2/c1-2-7-17-12(18)6-3-9-8-10(14)4-5-11(9)19-13(15)16/h1,3-6,8,13H,7H2,(H,17,18)/b6-3+. The highest BCUT2D eigenvalue weighted by atomic mass is 79.9. The Morgan fingerprint density at radius 1 is 1.58 bits per heavy atom. The summed E-state index contributed by atoms with van der Waals surface area (Å²) in [6.07, 6.45) is 7.55. The molecule has 6 heteroatoms. The maximum atomic E-state index is 12.2. The van der Waals surface area contributed by atoms with Crippen LogP contribution in [0.2, 0.25) is 0 Å². The molecular formula is C13H10BrF2NO2. The number of benzene rings is 1. The summed E-state index contributed by atoms with van der Waals surface area (Å²) in [5.74, 6) is 1.82. The summed E-state index contributed by atoms with van der Waals surface area (Å²) in [5.41, 5.74) is 0.352. The highest BCUT2D eigenvalue weighted by molar-refractivity contribution is 9.10. The molecule has 100 valence electrons. The summed E-state index contributed by atoms with van der Waals surface area (Å²) < 4.78 is 29.4. The molecule has 0 aliphatic carbocycles. The summed E-state index contributed by atoms with van der Waals surface area (Å²) in [6, 6.07) is 4.51. The Bertz CT molecular complexity index is 524. The van der Waals surface area contributed by atoms with E-state index in [-0.39, 0.29) is 12.3 Å². The van der Waals surface area contributed by atoms with Gasteiger partial charge in [0.25, 0.3) is 0 Å². The average Bonchev–Trinajstić information content (AvgIpc) is 2.36. The Hall–Kier alpha value is -1.87. The number of rotatable bonds is 5. The van der Waals surface area contributed by atoms with Crippen LogP contribution in [0.15, 0.2) is 28.7 Å². The molecule has 0 radical (unpaired) electrons. The van der Waals surface area contributed by atoms with E-state index in [1.165, 1.54) is 18.2 Å². The Morgan fingerprint density at radius 2 is 2.32 bits per heavy atom. The zero-order valence-electron chi connectivity index (χ0n) is 9.70. The Morgan fingerprint density at radius 3 is 2.95 bits per heavy atom. The summed E-state index contributed by atoms with van der Waals surface area (Å²) in [5, 5.41) is 2.41. The Labute approximate surface area is 117 Å². The minimum Gasteiger partial charge on any atom is -0.434 e. The van der Waals surface area contributed by atoms with Gasteiger partial charge in [-0.3, -0.25) is 4.79 Å². The number of alkyl halides is 2. The second-order valence-corrected chi connectivity index (χ2v) is 4.23. The minimum atomic E-state index is -2.93. The van der Waals surface area contributed by atoms with Gasteiger partial charge in [0.2, 0.25) is 5.91 Å². The lowest BCUT2D eigenvalue weighted by atomic mass is 10.2. The fraction of sp³-hybridized carbons (Fsp3) is 0.154. The summed E-state index contributed by atoms with van der Waals surface area (Å²) >= 11 is 3.21. The molecule has 1 aromatic rings. The molecule has 1 aromatic carbocycles. The van der Waals surface area contributed by atoms with Crippen LogP contribution in [0, 0.1) is 12.3 Å². The second kappa shape index (κ2) is 7.54. The number of hydrogen-bond acceptors (Lipinski definition) is 2. The van der Waals surface area contributed by atoms with E-state index >= 15 is 0 Å². The SMILES string of the molecule is C#CCNC(=O)/C=C/c1cc(Br)ccc1OC(F)F. The predicted octanol–water partition coefficient (Wildman–Crippen LogP) is 2.81. The molecule has 1 amide bonds. The van der Waals surface area contributed by atoms with E-state index in [2.05, 4.69) is 31.9 Å². The fourth-order valence-corrected chi connectivity index (χ4v) is 1.59. The molecule has 0 saturated carbocycles. The first-order valence-electron chi connectivity index (χ1n) is 5.16. The fourth-order valence-electron chi connectivity index (χ4n) is 1.22. The molecule has 19 heavy (non-hydrogen) atoms. The summed E-state index contributed by atoms with van der Waals surface area (Å²) in [6.45, 7) is -2.83. The lowest BCUT2D eigenvalue weighted by molar-refractivity contribution is -0.116. The van der Waals surface area contributed by atoms with Crippen molar-refractivity contribution in [3.63, 3.8) is 0 Å². The molecule has 1 N–H and O–H groups in total. The van der Waals surface area contributed by atoms with Gasteiger partial charge in [-0.2, -0.15) is 8.78 Å². The van der Waals surface area contributed by atoms with Crippen molar-refractivity contribution >= 4 is 27.9 Å². The molecular weight excluding hydrogens is 320 g/mol. The van der Waals surface area contributed by atoms with Crippen molar-refractivity contribution in [1.82, 2.24) is 5.32 Å². The number of hydrogen-bond donors (Lipinski definition) is 1. The molecule has 0 heterocycles. The third-order valence-electron chi connectivity index (χ3n) is 1.97. The zero-order chi connectivity index (χ0) is 14.3. The van der Waals surface area contributed by atoms with E-state index in [4.69, 9.17) is 6.42 Å². The highest BCUT2D eigenvalue weighted by Gasteiger charge is 2.08. The smallest absolute Gasteiger partial charge is 0.387 e. The first kappa shape index (κ1) is 15.2. The number of ether oxygens (including phenoxy) is 1. The summed E-state index contributed by atoms with van der Waals surface area (Å²) in [7, 11) is 0. The molecule has 1 rings (SSSR count). The van der Waals surface area contributed by atoms with Crippen LogP contribution >= 0.6 is 15.9 Å². The van der Waals surface area contributed by atoms with Gasteiger partial charge in [-0.25, -0.2) is 0 Å². The number of nitrogens with one attached hydrogen (secondary N) is 1. The van der Waals surface area contributed by atoms with Gasteiger partial charge in [-0.15, -0.1) is 6.42 Å². The van der Waals surface area contributed by atoms with Crippen LogP contribution in [-0.4, -0.2) is 19.1 Å². The zero-order valence-corrected chi connectivity index (χ0v) is 11.3. The first-order valence-corrected chi connectivity index (χ1v) is 5.96. The molecule has 0 fully saturated rings. The number of terminal acetylenes is 1. The van der Waals surface area contributed by atoms with Crippen molar-refractivity contribution in [2.24, 2.45) is 0 Å². The van der Waals surface area contributed by atoms with Crippen LogP contribution in [0.5, 0.6) is 5.75 Å². The monoisotopic (exact) mass is 329 g/mol. The lowest BCUT2D eigenvalue weighted by Crippen LogP contribution is -2.20. The molecule has 0 spiro atoms. The third kappa shape index (κ3) is 5.53. The van der Waals surface area contributed by atoms with Crippen molar-refractivity contribution in [3.05, 3.63) is 34.3 Å². The van der Waals surface area contributed by atoms with Crippen molar-refractivity contribution in [2.75, 3.05) is 6.54 Å². The van der Waals surface area contributed by atoms with Gasteiger partial charge in [-0.05, 0) is 24.3 Å². The van der Waals surface area contributed by atoms with Crippen LogP contribution in [0.4, 0.5) is 8.78 Å². The summed E-state index contributed by atoms with van der Waals surface area (Å²) in [4.78, 5) is 11.3. The third-order valence-corrected chi connectivity index (χ3v) is 2.46. The van der Waals surface area contributed by atoms with Gasteiger partial charge in [-0.1, -0.05) is 21.9 Å². The first-order chi connectivity index (χ1) is 9.02. The van der Waals surface area contributed by atoms with Gasteiger partial charge in [0.05, 0.1) is 6.54 Å². The molecule has 0 bridgehead atoms. The normalized spacial score (nSPS) is 10.5. The van der Waals surface area contributed by atoms with Crippen molar-refractivity contribution in [1.29, 1.82) is 0 Å². The van der Waals surface area contributed by atoms with E-state index in [1.807, 2.05) is 0 Å². The molecule has 0 saturated heterocycles. The van der Waals surface area contributed by atoms with E-state index in [1.54, 1.807) is 12.1 Å². The Kier molecular flexibility index (Phi) is 6.03.